The van der Waals surface area contributed by atoms with Crippen LogP contribution in [0.4, 0.5) is 0 Å². The summed E-state index contributed by atoms with van der Waals surface area (Å²) in [5.41, 5.74) is 1.09. The van der Waals surface area contributed by atoms with Gasteiger partial charge in [-0.25, -0.2) is 8.42 Å². The average Bonchev–Trinajstić information content (AvgIpc) is 2.42. The predicted molar refractivity (Wildman–Crippen MR) is 81.0 cm³/mol. The van der Waals surface area contributed by atoms with Crippen LogP contribution >= 0.6 is 0 Å². The van der Waals surface area contributed by atoms with Gasteiger partial charge in [-0.05, 0) is 50.4 Å². The maximum Gasteiger partial charge on any atom is 0.243 e. The molecule has 0 spiro atoms. The number of sulfonamides is 1. The molecule has 20 heavy (non-hydrogen) atoms. The molecule has 1 aliphatic rings. The number of nitrogens with zero attached hydrogens (tertiary/aromatic N) is 1. The lowest BCUT2D eigenvalue weighted by Crippen LogP contribution is -2.44. The van der Waals surface area contributed by atoms with E-state index in [9.17, 15) is 8.42 Å². The molecule has 0 bridgehead atoms. The molecular weight excluding hydrogens is 272 g/mol. The molecule has 1 aromatic carbocycles. The van der Waals surface area contributed by atoms with Crippen molar-refractivity contribution >= 4 is 10.0 Å². The molecule has 0 radical (unpaired) electrons. The Morgan fingerprint density at radius 2 is 1.85 bits per heavy atom. The molecule has 0 aromatic heterocycles. The Bertz CT molecular complexity index is 539. The van der Waals surface area contributed by atoms with Crippen molar-refractivity contribution in [1.82, 2.24) is 9.62 Å². The molecule has 1 aromatic rings. The summed E-state index contributed by atoms with van der Waals surface area (Å²) < 4.78 is 27.1. The van der Waals surface area contributed by atoms with E-state index in [1.165, 1.54) is 0 Å². The van der Waals surface area contributed by atoms with Crippen LogP contribution in [-0.4, -0.2) is 32.4 Å². The molecule has 1 fully saturated rings. The Balaban J connectivity index is 2.24. The van der Waals surface area contributed by atoms with Gasteiger partial charge in [0.1, 0.15) is 0 Å². The highest BCUT2D eigenvalue weighted by Crippen LogP contribution is 2.27. The average molecular weight is 296 g/mol. The van der Waals surface area contributed by atoms with E-state index >= 15 is 0 Å². The Kier molecular flexibility index (Phi) is 4.83. The van der Waals surface area contributed by atoms with Gasteiger partial charge in [0.05, 0.1) is 4.90 Å². The third-order valence-electron chi connectivity index (χ3n) is 3.97. The normalized spacial score (nSPS) is 24.8. The first-order valence-electron chi connectivity index (χ1n) is 7.20. The van der Waals surface area contributed by atoms with Gasteiger partial charge in [-0.3, -0.25) is 0 Å². The summed E-state index contributed by atoms with van der Waals surface area (Å²) in [6, 6.07) is 7.28. The van der Waals surface area contributed by atoms with Gasteiger partial charge in [-0.15, -0.1) is 0 Å². The molecule has 0 aliphatic carbocycles. The lowest BCUT2D eigenvalue weighted by atomic mass is 9.97. The van der Waals surface area contributed by atoms with Crippen molar-refractivity contribution in [2.24, 2.45) is 5.92 Å². The van der Waals surface area contributed by atoms with Gasteiger partial charge in [0, 0.05) is 19.1 Å². The van der Waals surface area contributed by atoms with E-state index in [1.54, 1.807) is 16.4 Å². The second-order valence-electron chi connectivity index (χ2n) is 5.78. The highest BCUT2D eigenvalue weighted by Gasteiger charge is 2.33. The smallest absolute Gasteiger partial charge is 0.243 e. The van der Waals surface area contributed by atoms with Crippen LogP contribution in [0.25, 0.3) is 0 Å². The summed E-state index contributed by atoms with van der Waals surface area (Å²) in [6.07, 6.45) is 2.05. The van der Waals surface area contributed by atoms with Crippen LogP contribution in [0.3, 0.4) is 0 Å². The van der Waals surface area contributed by atoms with E-state index in [0.29, 0.717) is 17.4 Å². The fourth-order valence-electron chi connectivity index (χ4n) is 2.70. The zero-order valence-electron chi connectivity index (χ0n) is 12.5. The first kappa shape index (κ1) is 15.5. The van der Waals surface area contributed by atoms with Crippen LogP contribution in [0.1, 0.15) is 32.3 Å². The predicted octanol–water partition coefficient (Wildman–Crippen LogP) is 2.22. The zero-order chi connectivity index (χ0) is 14.8. The first-order valence-corrected chi connectivity index (χ1v) is 8.64. The number of hydrogen-bond acceptors (Lipinski definition) is 3. The van der Waals surface area contributed by atoms with Crippen molar-refractivity contribution in [2.75, 3.05) is 13.6 Å². The lowest BCUT2D eigenvalue weighted by molar-refractivity contribution is 0.218. The van der Waals surface area contributed by atoms with Crippen molar-refractivity contribution in [3.05, 3.63) is 29.8 Å². The zero-order valence-corrected chi connectivity index (χ0v) is 13.3. The Hall–Kier alpha value is -0.910. The first-order chi connectivity index (χ1) is 9.45. The van der Waals surface area contributed by atoms with Gasteiger partial charge < -0.3 is 5.32 Å². The SMILES string of the molecule is CNCc1ccc(S(=O)(=O)N2CC(C)CCC2C)cc1. The second-order valence-corrected chi connectivity index (χ2v) is 7.67. The second kappa shape index (κ2) is 6.24. The van der Waals surface area contributed by atoms with E-state index in [-0.39, 0.29) is 6.04 Å². The fraction of sp³-hybridized carbons (Fsp3) is 0.600. The molecule has 0 saturated carbocycles. The number of rotatable bonds is 4. The Labute approximate surface area is 122 Å². The van der Waals surface area contributed by atoms with Crippen molar-refractivity contribution in [3.63, 3.8) is 0 Å². The summed E-state index contributed by atoms with van der Waals surface area (Å²) >= 11 is 0. The van der Waals surface area contributed by atoms with Crippen LogP contribution in [0.5, 0.6) is 0 Å². The van der Waals surface area contributed by atoms with Crippen LogP contribution < -0.4 is 5.32 Å². The van der Waals surface area contributed by atoms with E-state index < -0.39 is 10.0 Å². The van der Waals surface area contributed by atoms with Crippen molar-refractivity contribution in [1.29, 1.82) is 0 Å². The molecular formula is C15H24N2O2S. The molecule has 1 heterocycles. The molecule has 0 amide bonds. The topological polar surface area (TPSA) is 49.4 Å². The van der Waals surface area contributed by atoms with Gasteiger partial charge in [-0.1, -0.05) is 19.1 Å². The molecule has 2 unspecified atom stereocenters. The summed E-state index contributed by atoms with van der Waals surface area (Å²) in [5, 5.41) is 3.06. The highest BCUT2D eigenvalue weighted by molar-refractivity contribution is 7.89. The quantitative estimate of drug-likeness (QED) is 0.927. The van der Waals surface area contributed by atoms with E-state index in [2.05, 4.69) is 12.2 Å². The van der Waals surface area contributed by atoms with E-state index in [4.69, 9.17) is 0 Å². The lowest BCUT2D eigenvalue weighted by Gasteiger charge is -2.35. The summed E-state index contributed by atoms with van der Waals surface area (Å²) in [7, 11) is -1.49. The molecule has 2 rings (SSSR count). The van der Waals surface area contributed by atoms with Gasteiger partial charge in [0.2, 0.25) is 10.0 Å². The molecule has 112 valence electrons. The highest BCUT2D eigenvalue weighted by atomic mass is 32.2. The minimum absolute atomic E-state index is 0.0909. The van der Waals surface area contributed by atoms with Gasteiger partial charge in [-0.2, -0.15) is 4.31 Å². The molecule has 2 atom stereocenters. The number of piperidine rings is 1. The summed E-state index contributed by atoms with van der Waals surface area (Å²) in [4.78, 5) is 0.401. The fourth-order valence-corrected chi connectivity index (χ4v) is 4.48. The van der Waals surface area contributed by atoms with Crippen molar-refractivity contribution in [2.45, 2.75) is 44.2 Å². The van der Waals surface area contributed by atoms with Gasteiger partial charge in [0.25, 0.3) is 0 Å². The monoisotopic (exact) mass is 296 g/mol. The third-order valence-corrected chi connectivity index (χ3v) is 5.97. The van der Waals surface area contributed by atoms with Crippen molar-refractivity contribution < 1.29 is 8.42 Å². The molecule has 1 aliphatic heterocycles. The maximum atomic E-state index is 12.7. The largest absolute Gasteiger partial charge is 0.316 e. The van der Waals surface area contributed by atoms with Crippen LogP contribution in [0.2, 0.25) is 0 Å². The summed E-state index contributed by atoms with van der Waals surface area (Å²) in [6.45, 7) is 5.49. The standard InChI is InChI=1S/C15H24N2O2S/c1-12-4-5-13(2)17(11-12)20(18,19)15-8-6-14(7-9-15)10-16-3/h6-9,12-13,16H,4-5,10-11H2,1-3H3. The number of nitrogens with one attached hydrogen (secondary N) is 1. The number of hydrogen-bond donors (Lipinski definition) is 1. The van der Waals surface area contributed by atoms with Crippen LogP contribution in [-0.2, 0) is 16.6 Å². The molecule has 1 saturated heterocycles. The van der Waals surface area contributed by atoms with E-state index in [1.807, 2.05) is 26.1 Å². The van der Waals surface area contributed by atoms with Crippen LogP contribution in [0.15, 0.2) is 29.2 Å². The molecule has 5 heteroatoms. The Morgan fingerprint density at radius 3 is 2.45 bits per heavy atom. The van der Waals surface area contributed by atoms with Crippen LogP contribution in [0, 0.1) is 5.92 Å². The van der Waals surface area contributed by atoms with E-state index in [0.717, 1.165) is 24.9 Å². The summed E-state index contributed by atoms with van der Waals surface area (Å²) in [5.74, 6) is 0.435. The Morgan fingerprint density at radius 1 is 1.20 bits per heavy atom. The number of benzene rings is 1. The molecule has 4 nitrogen and oxygen atoms in total. The third kappa shape index (κ3) is 3.22. The maximum absolute atomic E-state index is 12.7. The van der Waals surface area contributed by atoms with Gasteiger partial charge >= 0.3 is 0 Å². The van der Waals surface area contributed by atoms with Crippen molar-refractivity contribution in [3.8, 4) is 0 Å². The molecule has 1 N–H and O–H groups in total. The van der Waals surface area contributed by atoms with Gasteiger partial charge in [0.15, 0.2) is 0 Å². The minimum Gasteiger partial charge on any atom is -0.316 e. The minimum atomic E-state index is -3.36.